The molecule has 0 amide bonds. The highest BCUT2D eigenvalue weighted by Crippen LogP contribution is 2.18. The molecule has 2 heterocycles. The number of hydrogen-bond acceptors (Lipinski definition) is 9. The zero-order valence-corrected chi connectivity index (χ0v) is 12.8. The predicted molar refractivity (Wildman–Crippen MR) is 79.8 cm³/mol. The molecule has 0 radical (unpaired) electrons. The zero-order valence-electron chi connectivity index (χ0n) is 11.1. The molecule has 108 valence electrons. The molecule has 0 bridgehead atoms. The number of nitrogens with zero attached hydrogens (tertiary/aromatic N) is 9. The molecule has 0 fully saturated rings. The van der Waals surface area contributed by atoms with E-state index >= 15 is 0 Å². The van der Waals surface area contributed by atoms with Crippen molar-refractivity contribution in [2.24, 2.45) is 5.11 Å². The second-order valence-electron chi connectivity index (χ2n) is 3.61. The summed E-state index contributed by atoms with van der Waals surface area (Å²) in [5, 5.41) is 20.2. The van der Waals surface area contributed by atoms with E-state index in [-0.39, 0.29) is 0 Å². The molecule has 0 aromatic carbocycles. The molecule has 9 nitrogen and oxygen atoms in total. The van der Waals surface area contributed by atoms with Crippen LogP contribution in [0.1, 0.15) is 6.42 Å². The van der Waals surface area contributed by atoms with Crippen LogP contribution in [0.2, 0.25) is 0 Å². The number of azide groups is 1. The van der Waals surface area contributed by atoms with E-state index in [1.165, 1.54) is 29.7 Å². The van der Waals surface area contributed by atoms with Gasteiger partial charge in [0.05, 0.1) is 12.4 Å². The molecule has 0 atom stereocenters. The van der Waals surface area contributed by atoms with Gasteiger partial charge in [0.2, 0.25) is 10.3 Å². The summed E-state index contributed by atoms with van der Waals surface area (Å²) in [7, 11) is 0. The Balaban J connectivity index is 2.04. The van der Waals surface area contributed by atoms with Crippen molar-refractivity contribution >= 4 is 23.5 Å². The highest BCUT2D eigenvalue weighted by Gasteiger charge is 2.07. The Kier molecular flexibility index (Phi) is 6.13. The molecule has 0 N–H and O–H groups in total. The summed E-state index contributed by atoms with van der Waals surface area (Å²) in [5.74, 6) is 0.752. The van der Waals surface area contributed by atoms with Crippen molar-refractivity contribution in [1.82, 2.24) is 30.4 Å². The van der Waals surface area contributed by atoms with Gasteiger partial charge in [-0.1, -0.05) is 28.6 Å². The summed E-state index contributed by atoms with van der Waals surface area (Å²) >= 11 is 2.86. The normalized spacial score (nSPS) is 10.1. The fourth-order valence-electron chi connectivity index (χ4n) is 1.31. The molecule has 2 aromatic heterocycles. The molecule has 0 aliphatic carbocycles. The van der Waals surface area contributed by atoms with Gasteiger partial charge in [0, 0.05) is 17.2 Å². The molecule has 0 aliphatic heterocycles. The SMILES string of the molecule is CSc1nncc(-c2cnnc(SCCCN=[N+]=[N-])n2)n1. The second-order valence-corrected chi connectivity index (χ2v) is 5.44. The van der Waals surface area contributed by atoms with E-state index in [0.717, 1.165) is 12.2 Å². The minimum Gasteiger partial charge on any atom is -0.218 e. The highest BCUT2D eigenvalue weighted by atomic mass is 32.2. The highest BCUT2D eigenvalue weighted by molar-refractivity contribution is 7.99. The first-order valence-corrected chi connectivity index (χ1v) is 8.12. The third kappa shape index (κ3) is 4.81. The van der Waals surface area contributed by atoms with E-state index in [2.05, 4.69) is 40.4 Å². The van der Waals surface area contributed by atoms with Crippen molar-refractivity contribution < 1.29 is 0 Å². The first kappa shape index (κ1) is 15.4. The molecule has 0 spiro atoms. The van der Waals surface area contributed by atoms with Crippen LogP contribution in [0.5, 0.6) is 0 Å². The zero-order chi connectivity index (χ0) is 14.9. The van der Waals surface area contributed by atoms with Crippen LogP contribution >= 0.6 is 23.5 Å². The molecule has 2 aromatic rings. The minimum atomic E-state index is 0.462. The van der Waals surface area contributed by atoms with E-state index in [4.69, 9.17) is 5.53 Å². The van der Waals surface area contributed by atoms with Gasteiger partial charge in [-0.05, 0) is 18.2 Å². The van der Waals surface area contributed by atoms with E-state index in [9.17, 15) is 0 Å². The third-order valence-corrected chi connectivity index (χ3v) is 3.68. The van der Waals surface area contributed by atoms with Crippen LogP contribution in [0.25, 0.3) is 21.8 Å². The summed E-state index contributed by atoms with van der Waals surface area (Å²) in [5.41, 5.74) is 9.40. The standard InChI is InChI=1S/C10H11N9S2/c1-20-9-15-7(5-13-17-9)8-6-14-18-10(16-8)21-4-2-3-12-19-11/h5-6H,2-4H2,1H3. The molecule has 0 aliphatic rings. The molecular formula is C10H11N9S2. The van der Waals surface area contributed by atoms with Crippen LogP contribution in [-0.2, 0) is 0 Å². The smallest absolute Gasteiger partial charge is 0.209 e. The van der Waals surface area contributed by atoms with Gasteiger partial charge in [0.25, 0.3) is 0 Å². The Hall–Kier alpha value is -1.97. The molecule has 21 heavy (non-hydrogen) atoms. The van der Waals surface area contributed by atoms with E-state index in [1.807, 2.05) is 6.26 Å². The maximum Gasteiger partial charge on any atom is 0.209 e. The van der Waals surface area contributed by atoms with Crippen molar-refractivity contribution in [3.63, 3.8) is 0 Å². The lowest BCUT2D eigenvalue weighted by molar-refractivity contribution is 0.815. The maximum absolute atomic E-state index is 8.18. The summed E-state index contributed by atoms with van der Waals surface area (Å²) in [6.45, 7) is 0.462. The number of aromatic nitrogens is 6. The fraction of sp³-hybridized carbons (Fsp3) is 0.400. The van der Waals surface area contributed by atoms with Gasteiger partial charge in [-0.15, -0.1) is 10.2 Å². The fourth-order valence-corrected chi connectivity index (χ4v) is 2.35. The number of hydrogen-bond donors (Lipinski definition) is 0. The molecule has 2 rings (SSSR count). The predicted octanol–water partition coefficient (Wildman–Crippen LogP) is 2.24. The third-order valence-electron chi connectivity index (χ3n) is 2.22. The van der Waals surface area contributed by atoms with Crippen molar-refractivity contribution in [3.05, 3.63) is 22.8 Å². The first-order chi connectivity index (χ1) is 10.3. The van der Waals surface area contributed by atoms with Crippen LogP contribution in [0.4, 0.5) is 0 Å². The summed E-state index contributed by atoms with van der Waals surface area (Å²) in [6.07, 6.45) is 5.72. The average molecular weight is 321 g/mol. The summed E-state index contributed by atoms with van der Waals surface area (Å²) in [4.78, 5) is 11.4. The van der Waals surface area contributed by atoms with Crippen LogP contribution < -0.4 is 0 Å². The van der Waals surface area contributed by atoms with Gasteiger partial charge in [0.15, 0.2) is 0 Å². The quantitative estimate of drug-likeness (QED) is 0.250. The monoisotopic (exact) mass is 321 g/mol. The first-order valence-electron chi connectivity index (χ1n) is 5.91. The van der Waals surface area contributed by atoms with Crippen molar-refractivity contribution in [2.45, 2.75) is 16.7 Å². The summed E-state index contributed by atoms with van der Waals surface area (Å²) < 4.78 is 0. The Morgan fingerprint density at radius 1 is 1.14 bits per heavy atom. The molecule has 11 heteroatoms. The Morgan fingerprint density at radius 2 is 1.81 bits per heavy atom. The number of thioether (sulfide) groups is 2. The minimum absolute atomic E-state index is 0.462. The van der Waals surface area contributed by atoms with E-state index < -0.39 is 0 Å². The maximum atomic E-state index is 8.18. The van der Waals surface area contributed by atoms with Gasteiger partial charge in [0.1, 0.15) is 11.4 Å². The lowest BCUT2D eigenvalue weighted by Gasteiger charge is -2.02. The van der Waals surface area contributed by atoms with Crippen molar-refractivity contribution in [2.75, 3.05) is 18.6 Å². The molecular weight excluding hydrogens is 310 g/mol. The summed E-state index contributed by atoms with van der Waals surface area (Å²) in [6, 6.07) is 0. The number of rotatable bonds is 7. The lowest BCUT2D eigenvalue weighted by Crippen LogP contribution is -1.98. The van der Waals surface area contributed by atoms with Crippen LogP contribution in [-0.4, -0.2) is 48.9 Å². The van der Waals surface area contributed by atoms with Gasteiger partial charge < -0.3 is 0 Å². The average Bonchev–Trinajstić information content (AvgIpc) is 2.55. The van der Waals surface area contributed by atoms with E-state index in [0.29, 0.717) is 28.2 Å². The van der Waals surface area contributed by atoms with E-state index in [1.54, 1.807) is 6.20 Å². The van der Waals surface area contributed by atoms with Gasteiger partial charge in [-0.25, -0.2) is 9.97 Å². The largest absolute Gasteiger partial charge is 0.218 e. The Bertz CT molecular complexity index is 644. The Morgan fingerprint density at radius 3 is 2.48 bits per heavy atom. The van der Waals surface area contributed by atoms with Gasteiger partial charge >= 0.3 is 0 Å². The lowest BCUT2D eigenvalue weighted by atomic mass is 10.3. The second kappa shape index (κ2) is 8.35. The molecule has 0 unspecified atom stereocenters. The van der Waals surface area contributed by atoms with Crippen molar-refractivity contribution in [1.29, 1.82) is 0 Å². The van der Waals surface area contributed by atoms with Crippen LogP contribution in [0.15, 0.2) is 27.8 Å². The van der Waals surface area contributed by atoms with Gasteiger partial charge in [-0.2, -0.15) is 10.2 Å². The van der Waals surface area contributed by atoms with Gasteiger partial charge in [-0.3, -0.25) is 0 Å². The topological polar surface area (TPSA) is 126 Å². The Labute approximate surface area is 129 Å². The molecule has 0 saturated heterocycles. The molecule has 0 saturated carbocycles. The van der Waals surface area contributed by atoms with Crippen molar-refractivity contribution in [3.8, 4) is 11.4 Å². The van der Waals surface area contributed by atoms with Crippen LogP contribution in [0.3, 0.4) is 0 Å². The van der Waals surface area contributed by atoms with Crippen LogP contribution in [0, 0.1) is 0 Å².